The summed E-state index contributed by atoms with van der Waals surface area (Å²) in [6.45, 7) is 4.16. The molecule has 3 nitrogen and oxygen atoms in total. The average Bonchev–Trinajstić information content (AvgIpc) is 2.21. The van der Waals surface area contributed by atoms with Gasteiger partial charge in [0.2, 0.25) is 0 Å². The first-order valence-corrected chi connectivity index (χ1v) is 7.57. The lowest BCUT2D eigenvalue weighted by atomic mass is 10.0. The van der Waals surface area contributed by atoms with Crippen LogP contribution in [-0.4, -0.2) is 9.75 Å². The van der Waals surface area contributed by atoms with Crippen molar-refractivity contribution in [2.24, 2.45) is 5.92 Å². The number of hydrogen-bond acceptors (Lipinski definition) is 2. The monoisotopic (exact) mass is 429 g/mol. The fourth-order valence-electron chi connectivity index (χ4n) is 1.74. The molecule has 0 bridgehead atoms. The molecule has 0 aliphatic heterocycles. The van der Waals surface area contributed by atoms with Crippen molar-refractivity contribution in [1.29, 1.82) is 0 Å². The molecule has 6 heteroatoms. The lowest BCUT2D eigenvalue weighted by molar-refractivity contribution is -0.385. The van der Waals surface area contributed by atoms with Crippen LogP contribution in [0.5, 0.6) is 0 Å². The number of hydrogen-bond donors (Lipinski definition) is 0. The van der Waals surface area contributed by atoms with Gasteiger partial charge < -0.3 is 0 Å². The molecule has 0 amide bonds. The van der Waals surface area contributed by atoms with E-state index in [9.17, 15) is 14.5 Å². The maximum Gasteiger partial charge on any atom is 0.273 e. The molecule has 1 rings (SSSR count). The van der Waals surface area contributed by atoms with Gasteiger partial charge in [-0.05, 0) is 47.4 Å². The van der Waals surface area contributed by atoms with Crippen LogP contribution in [0.4, 0.5) is 10.1 Å². The Balaban J connectivity index is 3.00. The highest BCUT2D eigenvalue weighted by Gasteiger charge is 2.20. The van der Waals surface area contributed by atoms with Gasteiger partial charge in [-0.15, -0.1) is 0 Å². The molecule has 18 heavy (non-hydrogen) atoms. The Bertz CT molecular complexity index is 454. The van der Waals surface area contributed by atoms with E-state index < -0.39 is 10.7 Å². The molecule has 0 aromatic heterocycles. The van der Waals surface area contributed by atoms with Crippen LogP contribution in [0.25, 0.3) is 0 Å². The first-order valence-electron chi connectivity index (χ1n) is 5.57. The summed E-state index contributed by atoms with van der Waals surface area (Å²) in [6.07, 6.45) is 1.35. The minimum Gasteiger partial charge on any atom is -0.258 e. The largest absolute Gasteiger partial charge is 0.273 e. The van der Waals surface area contributed by atoms with Crippen molar-refractivity contribution in [1.82, 2.24) is 0 Å². The number of benzene rings is 1. The number of nitrogens with zero attached hydrogens (tertiary/aromatic N) is 1. The molecule has 0 aliphatic carbocycles. The van der Waals surface area contributed by atoms with Crippen molar-refractivity contribution >= 4 is 44.2 Å². The molecule has 0 saturated heterocycles. The number of nitro groups is 1. The van der Waals surface area contributed by atoms with E-state index in [1.807, 2.05) is 0 Å². The Hall–Kier alpha value is -0.240. The van der Waals surface area contributed by atoms with E-state index in [0.717, 1.165) is 6.42 Å². The van der Waals surface area contributed by atoms with E-state index in [-0.39, 0.29) is 14.1 Å². The van der Waals surface area contributed by atoms with E-state index in [1.54, 1.807) is 22.6 Å². The predicted molar refractivity (Wildman–Crippen MR) is 81.6 cm³/mol. The highest BCUT2D eigenvalue weighted by atomic mass is 127. The molecule has 1 atom stereocenters. The number of nitro benzene ring substituents is 1. The molecule has 1 aromatic rings. The molecular formula is C12H14BrFINO2. The average molecular weight is 430 g/mol. The zero-order valence-corrected chi connectivity index (χ0v) is 13.9. The summed E-state index contributed by atoms with van der Waals surface area (Å²) >= 11 is 5.26. The summed E-state index contributed by atoms with van der Waals surface area (Å²) in [4.78, 5) is 10.6. The molecule has 0 saturated carbocycles. The summed E-state index contributed by atoms with van der Waals surface area (Å²) in [5.74, 6) is 0.0857. The van der Waals surface area contributed by atoms with Gasteiger partial charge in [0.05, 0.1) is 8.49 Å². The highest BCUT2D eigenvalue weighted by Crippen LogP contribution is 2.28. The summed E-state index contributed by atoms with van der Waals surface area (Å²) in [6, 6.07) is 2.56. The van der Waals surface area contributed by atoms with Crippen molar-refractivity contribution < 1.29 is 9.31 Å². The van der Waals surface area contributed by atoms with Crippen LogP contribution in [0.3, 0.4) is 0 Å². The fraction of sp³-hybridized carbons (Fsp3) is 0.500. The number of rotatable bonds is 5. The molecule has 100 valence electrons. The Labute approximate surface area is 128 Å². The Morgan fingerprint density at radius 3 is 2.61 bits per heavy atom. The van der Waals surface area contributed by atoms with Gasteiger partial charge in [0.1, 0.15) is 5.82 Å². The lowest BCUT2D eigenvalue weighted by Crippen LogP contribution is -2.09. The van der Waals surface area contributed by atoms with Crippen molar-refractivity contribution in [3.05, 3.63) is 37.2 Å². The second-order valence-electron chi connectivity index (χ2n) is 4.58. The minimum absolute atomic E-state index is 0.00555. The van der Waals surface area contributed by atoms with Gasteiger partial charge >= 0.3 is 0 Å². The summed E-state index contributed by atoms with van der Waals surface area (Å²) in [5.41, 5.74) is 0.439. The van der Waals surface area contributed by atoms with Gasteiger partial charge in [-0.25, -0.2) is 4.39 Å². The smallest absolute Gasteiger partial charge is 0.258 e. The summed E-state index contributed by atoms with van der Waals surface area (Å²) in [7, 11) is 0. The van der Waals surface area contributed by atoms with E-state index in [4.69, 9.17) is 0 Å². The lowest BCUT2D eigenvalue weighted by Gasteiger charge is -2.12. The van der Waals surface area contributed by atoms with Crippen molar-refractivity contribution in [3.8, 4) is 0 Å². The SMILES string of the molecule is CC(C)CC(Br)Cc1cc(F)c(I)cc1[N+](=O)[O-]. The number of alkyl halides is 1. The van der Waals surface area contributed by atoms with Crippen LogP contribution in [0.15, 0.2) is 12.1 Å². The van der Waals surface area contributed by atoms with Crippen LogP contribution in [-0.2, 0) is 6.42 Å². The van der Waals surface area contributed by atoms with Crippen LogP contribution < -0.4 is 0 Å². The van der Waals surface area contributed by atoms with Gasteiger partial charge in [-0.2, -0.15) is 0 Å². The molecule has 1 unspecified atom stereocenters. The zero-order valence-electron chi connectivity index (χ0n) is 10.1. The van der Waals surface area contributed by atoms with Crippen LogP contribution in [0, 0.1) is 25.4 Å². The van der Waals surface area contributed by atoms with Crippen LogP contribution >= 0.6 is 38.5 Å². The molecule has 0 heterocycles. The maximum atomic E-state index is 13.5. The molecule has 0 aliphatic rings. The molecular weight excluding hydrogens is 416 g/mol. The van der Waals surface area contributed by atoms with Gasteiger partial charge in [-0.1, -0.05) is 29.8 Å². The van der Waals surface area contributed by atoms with Gasteiger partial charge in [0, 0.05) is 16.5 Å². The second-order valence-corrected chi connectivity index (χ2v) is 7.04. The van der Waals surface area contributed by atoms with Crippen molar-refractivity contribution in [3.63, 3.8) is 0 Å². The topological polar surface area (TPSA) is 43.1 Å². The molecule has 0 spiro atoms. The van der Waals surface area contributed by atoms with E-state index in [1.165, 1.54) is 12.1 Å². The van der Waals surface area contributed by atoms with Crippen molar-refractivity contribution in [2.75, 3.05) is 0 Å². The quantitative estimate of drug-likeness (QED) is 0.295. The van der Waals surface area contributed by atoms with Gasteiger partial charge in [0.15, 0.2) is 0 Å². The highest BCUT2D eigenvalue weighted by molar-refractivity contribution is 14.1. The van der Waals surface area contributed by atoms with Crippen molar-refractivity contribution in [2.45, 2.75) is 31.5 Å². The van der Waals surface area contributed by atoms with Crippen LogP contribution in [0.1, 0.15) is 25.8 Å². The first-order chi connectivity index (χ1) is 8.31. The molecule has 1 aromatic carbocycles. The zero-order chi connectivity index (χ0) is 13.9. The minimum atomic E-state index is -0.452. The summed E-state index contributed by atoms with van der Waals surface area (Å²) < 4.78 is 13.8. The summed E-state index contributed by atoms with van der Waals surface area (Å²) in [5, 5.41) is 11.0. The maximum absolute atomic E-state index is 13.5. The molecule has 0 N–H and O–H groups in total. The fourth-order valence-corrected chi connectivity index (χ4v) is 3.29. The van der Waals surface area contributed by atoms with Gasteiger partial charge in [0.25, 0.3) is 5.69 Å². The first kappa shape index (κ1) is 15.8. The van der Waals surface area contributed by atoms with E-state index >= 15 is 0 Å². The molecule has 0 fully saturated rings. The van der Waals surface area contributed by atoms with E-state index in [0.29, 0.717) is 17.9 Å². The second kappa shape index (κ2) is 6.79. The third-order valence-electron chi connectivity index (χ3n) is 2.49. The Morgan fingerprint density at radius 1 is 1.50 bits per heavy atom. The molecule has 0 radical (unpaired) electrons. The predicted octanol–water partition coefficient (Wildman–Crippen LogP) is 4.69. The number of halogens is 3. The van der Waals surface area contributed by atoms with Gasteiger partial charge in [-0.3, -0.25) is 10.1 Å². The normalized spacial score (nSPS) is 12.8. The Morgan fingerprint density at radius 2 is 2.11 bits per heavy atom. The Kier molecular flexibility index (Phi) is 5.97. The third kappa shape index (κ3) is 4.46. The standard InChI is InChI=1S/C12H14BrFINO2/c1-7(2)3-9(13)4-8-5-10(14)11(15)6-12(8)16(17)18/h5-7,9H,3-4H2,1-2H3. The van der Waals surface area contributed by atoms with E-state index in [2.05, 4.69) is 29.8 Å². The van der Waals surface area contributed by atoms with Crippen LogP contribution in [0.2, 0.25) is 0 Å². The third-order valence-corrected chi connectivity index (χ3v) is 4.01.